The molecule has 1 fully saturated rings. The second-order valence-electron chi connectivity index (χ2n) is 4.24. The molecule has 1 atom stereocenters. The number of hydrogen-bond acceptors (Lipinski definition) is 2. The smallest absolute Gasteiger partial charge is 0.324 e. The fraction of sp³-hybridized carbons (Fsp3) is 0.900. The van der Waals surface area contributed by atoms with Crippen LogP contribution in [0, 0.1) is 5.92 Å². The zero-order valence-corrected chi connectivity index (χ0v) is 9.32. The van der Waals surface area contributed by atoms with Gasteiger partial charge < -0.3 is 10.6 Å². The first-order valence-corrected chi connectivity index (χ1v) is 5.55. The van der Waals surface area contributed by atoms with Gasteiger partial charge in [-0.1, -0.05) is 0 Å². The van der Waals surface area contributed by atoms with Crippen molar-refractivity contribution < 1.29 is 22.4 Å². The van der Waals surface area contributed by atoms with Crippen LogP contribution in [-0.4, -0.2) is 37.9 Å². The molecule has 0 aliphatic carbocycles. The Labute approximate surface area is 96.9 Å². The van der Waals surface area contributed by atoms with E-state index in [9.17, 15) is 22.4 Å². The first-order valence-electron chi connectivity index (χ1n) is 5.55. The van der Waals surface area contributed by atoms with Crippen molar-refractivity contribution in [3.8, 4) is 0 Å². The van der Waals surface area contributed by atoms with E-state index < -0.39 is 24.8 Å². The molecule has 7 heteroatoms. The first-order chi connectivity index (χ1) is 7.92. The number of amides is 1. The summed E-state index contributed by atoms with van der Waals surface area (Å²) >= 11 is 0. The number of hydrogen-bond donors (Lipinski definition) is 2. The minimum atomic E-state index is -4.15. The Morgan fingerprint density at radius 1 is 1.47 bits per heavy atom. The molecule has 0 bridgehead atoms. The van der Waals surface area contributed by atoms with Crippen LogP contribution in [0.3, 0.4) is 0 Å². The van der Waals surface area contributed by atoms with E-state index in [1.165, 1.54) is 0 Å². The average Bonchev–Trinajstić information content (AvgIpc) is 2.76. The summed E-state index contributed by atoms with van der Waals surface area (Å²) in [5.74, 6) is -4.38. The normalized spacial score (nSPS) is 20.9. The molecule has 1 rings (SSSR count). The van der Waals surface area contributed by atoms with Crippen LogP contribution in [0.25, 0.3) is 0 Å². The van der Waals surface area contributed by atoms with Gasteiger partial charge >= 0.3 is 12.3 Å². The van der Waals surface area contributed by atoms with E-state index in [-0.39, 0.29) is 6.42 Å². The van der Waals surface area contributed by atoms with Gasteiger partial charge in [0.05, 0.1) is 6.54 Å². The maximum atomic E-state index is 12.5. The zero-order chi connectivity index (χ0) is 12.9. The number of carbonyl (C=O) groups is 1. The molecule has 0 spiro atoms. The molecule has 17 heavy (non-hydrogen) atoms. The van der Waals surface area contributed by atoms with E-state index in [2.05, 4.69) is 5.32 Å². The van der Waals surface area contributed by atoms with E-state index in [1.807, 2.05) is 5.32 Å². The lowest BCUT2D eigenvalue weighted by Crippen LogP contribution is -2.41. The van der Waals surface area contributed by atoms with Crippen LogP contribution in [-0.2, 0) is 4.79 Å². The van der Waals surface area contributed by atoms with Crippen LogP contribution in [0.5, 0.6) is 0 Å². The highest BCUT2D eigenvalue weighted by atomic mass is 19.3. The van der Waals surface area contributed by atoms with E-state index in [1.54, 1.807) is 0 Å². The van der Waals surface area contributed by atoms with Gasteiger partial charge in [-0.2, -0.15) is 8.78 Å². The molecule has 100 valence electrons. The van der Waals surface area contributed by atoms with Gasteiger partial charge in [0.2, 0.25) is 5.91 Å². The van der Waals surface area contributed by atoms with Crippen LogP contribution in [0.2, 0.25) is 0 Å². The van der Waals surface area contributed by atoms with E-state index >= 15 is 0 Å². The maximum Gasteiger partial charge on any atom is 0.324 e. The maximum absolute atomic E-state index is 12.5. The standard InChI is InChI=1S/C10H16F4N2O/c11-9(12)10(13,14)6-16-8(17)2-1-7-3-4-15-5-7/h7,9,15H,1-6H2,(H,16,17). The lowest BCUT2D eigenvalue weighted by Gasteiger charge is -2.16. The van der Waals surface area contributed by atoms with Gasteiger partial charge in [-0.15, -0.1) is 0 Å². The summed E-state index contributed by atoms with van der Waals surface area (Å²) in [6, 6.07) is 0. The van der Waals surface area contributed by atoms with E-state index in [4.69, 9.17) is 0 Å². The quantitative estimate of drug-likeness (QED) is 0.705. The summed E-state index contributed by atoms with van der Waals surface area (Å²) in [5, 5.41) is 4.96. The molecule has 1 heterocycles. The molecular formula is C10H16F4N2O. The Morgan fingerprint density at radius 3 is 2.71 bits per heavy atom. The third-order valence-electron chi connectivity index (χ3n) is 2.78. The minimum absolute atomic E-state index is 0.103. The van der Waals surface area contributed by atoms with Crippen molar-refractivity contribution in [2.24, 2.45) is 5.92 Å². The molecule has 1 unspecified atom stereocenters. The SMILES string of the molecule is O=C(CCC1CCNC1)NCC(F)(F)C(F)F. The van der Waals surface area contributed by atoms with Gasteiger partial charge in [0, 0.05) is 6.42 Å². The molecule has 1 amide bonds. The van der Waals surface area contributed by atoms with Crippen molar-refractivity contribution in [2.75, 3.05) is 19.6 Å². The predicted molar refractivity (Wildman–Crippen MR) is 54.2 cm³/mol. The van der Waals surface area contributed by atoms with Crippen molar-refractivity contribution in [2.45, 2.75) is 31.6 Å². The molecule has 0 aromatic rings. The Morgan fingerprint density at radius 2 is 2.18 bits per heavy atom. The van der Waals surface area contributed by atoms with Gasteiger partial charge in [0.1, 0.15) is 0 Å². The number of halogens is 4. The predicted octanol–water partition coefficient (Wildman–Crippen LogP) is 1.39. The summed E-state index contributed by atoms with van der Waals surface area (Å²) in [6.45, 7) is 0.419. The summed E-state index contributed by atoms with van der Waals surface area (Å²) in [6.07, 6.45) is -2.09. The highest BCUT2D eigenvalue weighted by Gasteiger charge is 2.40. The number of rotatable bonds is 6. The lowest BCUT2D eigenvalue weighted by atomic mass is 10.0. The second-order valence-corrected chi connectivity index (χ2v) is 4.24. The Kier molecular flexibility index (Phi) is 5.17. The monoisotopic (exact) mass is 256 g/mol. The fourth-order valence-corrected chi connectivity index (χ4v) is 1.68. The highest BCUT2D eigenvalue weighted by Crippen LogP contribution is 2.21. The molecule has 1 aliphatic rings. The van der Waals surface area contributed by atoms with Crippen LogP contribution in [0.1, 0.15) is 19.3 Å². The van der Waals surface area contributed by atoms with Crippen LogP contribution in [0.4, 0.5) is 17.6 Å². The molecule has 0 saturated carbocycles. The topological polar surface area (TPSA) is 41.1 Å². The fourth-order valence-electron chi connectivity index (χ4n) is 1.68. The Hall–Kier alpha value is -0.850. The lowest BCUT2D eigenvalue weighted by molar-refractivity contribution is -0.136. The molecule has 1 saturated heterocycles. The highest BCUT2D eigenvalue weighted by molar-refractivity contribution is 5.75. The number of alkyl halides is 4. The molecule has 3 nitrogen and oxygen atoms in total. The zero-order valence-electron chi connectivity index (χ0n) is 9.32. The Balaban J connectivity index is 2.16. The largest absolute Gasteiger partial charge is 0.350 e. The molecule has 0 radical (unpaired) electrons. The Bertz CT molecular complexity index is 255. The summed E-state index contributed by atoms with van der Waals surface area (Å²) in [7, 11) is 0. The van der Waals surface area contributed by atoms with Gasteiger partial charge in [-0.3, -0.25) is 4.79 Å². The molecule has 0 aromatic carbocycles. The van der Waals surface area contributed by atoms with Gasteiger partial charge in [-0.25, -0.2) is 8.78 Å². The number of nitrogens with one attached hydrogen (secondary N) is 2. The van der Waals surface area contributed by atoms with Crippen LogP contribution >= 0.6 is 0 Å². The first kappa shape index (κ1) is 14.2. The van der Waals surface area contributed by atoms with Gasteiger partial charge in [0.25, 0.3) is 0 Å². The summed E-state index contributed by atoms with van der Waals surface area (Å²) in [5.41, 5.74) is 0. The van der Waals surface area contributed by atoms with Crippen LogP contribution in [0.15, 0.2) is 0 Å². The molecule has 0 aromatic heterocycles. The number of carbonyl (C=O) groups excluding carboxylic acids is 1. The third-order valence-corrected chi connectivity index (χ3v) is 2.78. The van der Waals surface area contributed by atoms with Crippen molar-refractivity contribution >= 4 is 5.91 Å². The summed E-state index contributed by atoms with van der Waals surface area (Å²) < 4.78 is 48.5. The average molecular weight is 256 g/mol. The molecular weight excluding hydrogens is 240 g/mol. The van der Waals surface area contributed by atoms with Gasteiger partial charge in [-0.05, 0) is 31.8 Å². The molecule has 2 N–H and O–H groups in total. The third kappa shape index (κ3) is 4.89. The van der Waals surface area contributed by atoms with Gasteiger partial charge in [0.15, 0.2) is 0 Å². The van der Waals surface area contributed by atoms with E-state index in [0.717, 1.165) is 19.5 Å². The summed E-state index contributed by atoms with van der Waals surface area (Å²) in [4.78, 5) is 11.2. The van der Waals surface area contributed by atoms with Crippen molar-refractivity contribution in [1.82, 2.24) is 10.6 Å². The second kappa shape index (κ2) is 6.18. The molecule has 1 aliphatic heterocycles. The van der Waals surface area contributed by atoms with Crippen LogP contribution < -0.4 is 10.6 Å². The van der Waals surface area contributed by atoms with Crippen molar-refractivity contribution in [3.05, 3.63) is 0 Å². The van der Waals surface area contributed by atoms with Crippen molar-refractivity contribution in [3.63, 3.8) is 0 Å². The minimum Gasteiger partial charge on any atom is -0.350 e. The van der Waals surface area contributed by atoms with E-state index in [0.29, 0.717) is 12.3 Å². The van der Waals surface area contributed by atoms with Crippen molar-refractivity contribution in [1.29, 1.82) is 0 Å².